The number of carboxylic acids is 1. The molecule has 0 aliphatic heterocycles. The average Bonchev–Trinajstić information content (AvgIpc) is 2.43. The average molecular weight is 331 g/mol. The van der Waals surface area contributed by atoms with Crippen LogP contribution in [0.1, 0.15) is 74.3 Å². The van der Waals surface area contributed by atoms with Crippen molar-refractivity contribution in [3.63, 3.8) is 0 Å². The largest absolute Gasteiger partial charge is 0.478 e. The van der Waals surface area contributed by atoms with Gasteiger partial charge in [-0.2, -0.15) is 0 Å². The third kappa shape index (κ3) is 2.57. The molecule has 0 saturated heterocycles. The van der Waals surface area contributed by atoms with Crippen LogP contribution in [-0.4, -0.2) is 37.3 Å². The number of carbonyl (C=O) groups is 1. The Hall–Kier alpha value is -1.69. The van der Waals surface area contributed by atoms with Crippen molar-refractivity contribution in [2.45, 2.75) is 69.4 Å². The molecule has 0 amide bonds. The smallest absolute Gasteiger partial charge is 0.339 e. The van der Waals surface area contributed by atoms with Crippen LogP contribution in [0.15, 0.2) is 6.20 Å². The molecule has 4 fully saturated rings. The molecule has 4 aliphatic carbocycles. The Labute approximate surface area is 141 Å². The molecule has 0 spiro atoms. The Bertz CT molecular complexity index is 674. The monoisotopic (exact) mass is 331 g/mol. The minimum atomic E-state index is -0.991. The van der Waals surface area contributed by atoms with Crippen molar-refractivity contribution in [3.8, 4) is 0 Å². The minimum Gasteiger partial charge on any atom is -0.478 e. The highest BCUT2D eigenvalue weighted by Gasteiger charge is 2.57. The molecule has 4 bridgehead atoms. The Morgan fingerprint density at radius 1 is 1.29 bits per heavy atom. The summed E-state index contributed by atoms with van der Waals surface area (Å²) in [5.74, 6) is 0.669. The number of aromatic carboxylic acids is 1. The number of carboxylic acid groups (broad SMARTS) is 1. The van der Waals surface area contributed by atoms with Crippen LogP contribution >= 0.6 is 0 Å². The van der Waals surface area contributed by atoms with Crippen molar-refractivity contribution >= 4 is 11.9 Å². The normalized spacial score (nSPS) is 37.0. The zero-order valence-electron chi connectivity index (χ0n) is 14.2. The van der Waals surface area contributed by atoms with Gasteiger partial charge in [0.2, 0.25) is 5.95 Å². The van der Waals surface area contributed by atoms with Crippen LogP contribution in [0.4, 0.5) is 5.95 Å². The highest BCUT2D eigenvalue weighted by atomic mass is 16.4. The van der Waals surface area contributed by atoms with Gasteiger partial charge in [-0.1, -0.05) is 13.8 Å². The third-order valence-electron chi connectivity index (χ3n) is 6.00. The van der Waals surface area contributed by atoms with E-state index in [1.54, 1.807) is 0 Å². The summed E-state index contributed by atoms with van der Waals surface area (Å²) in [6.07, 6.45) is 7.31. The lowest BCUT2D eigenvalue weighted by Crippen LogP contribution is -2.62. The molecule has 1 heterocycles. The SMILES string of the molecule is CC(C)c1nc(NC23CC4CC(CC(O)(C4)C2)C3)ncc1C(=O)O. The quantitative estimate of drug-likeness (QED) is 0.785. The van der Waals surface area contributed by atoms with E-state index in [-0.39, 0.29) is 17.0 Å². The second kappa shape index (κ2) is 5.15. The summed E-state index contributed by atoms with van der Waals surface area (Å²) in [5, 5.41) is 23.7. The van der Waals surface area contributed by atoms with Gasteiger partial charge in [-0.05, 0) is 56.3 Å². The highest BCUT2D eigenvalue weighted by Crippen LogP contribution is 2.58. The van der Waals surface area contributed by atoms with Gasteiger partial charge in [0, 0.05) is 11.7 Å². The van der Waals surface area contributed by atoms with Gasteiger partial charge in [-0.15, -0.1) is 0 Å². The lowest BCUT2D eigenvalue weighted by molar-refractivity contribution is -0.127. The Kier molecular flexibility index (Phi) is 3.39. The van der Waals surface area contributed by atoms with Gasteiger partial charge in [0.1, 0.15) is 0 Å². The van der Waals surface area contributed by atoms with E-state index < -0.39 is 11.6 Å². The maximum Gasteiger partial charge on any atom is 0.339 e. The van der Waals surface area contributed by atoms with Crippen LogP contribution in [0.2, 0.25) is 0 Å². The summed E-state index contributed by atoms with van der Waals surface area (Å²) in [4.78, 5) is 20.1. The van der Waals surface area contributed by atoms with Crippen molar-refractivity contribution in [2.24, 2.45) is 11.8 Å². The van der Waals surface area contributed by atoms with Crippen molar-refractivity contribution < 1.29 is 15.0 Å². The van der Waals surface area contributed by atoms with Crippen molar-refractivity contribution in [1.29, 1.82) is 0 Å². The number of nitrogens with one attached hydrogen (secondary N) is 1. The summed E-state index contributed by atoms with van der Waals surface area (Å²) in [7, 11) is 0. The van der Waals surface area contributed by atoms with Crippen LogP contribution in [0.3, 0.4) is 0 Å². The van der Waals surface area contributed by atoms with E-state index in [4.69, 9.17) is 0 Å². The van der Waals surface area contributed by atoms with Gasteiger partial charge in [0.05, 0.1) is 16.9 Å². The number of rotatable bonds is 4. The van der Waals surface area contributed by atoms with Crippen LogP contribution in [-0.2, 0) is 0 Å². The topological polar surface area (TPSA) is 95.3 Å². The number of hydrogen-bond donors (Lipinski definition) is 3. The first-order valence-electron chi connectivity index (χ1n) is 8.88. The van der Waals surface area contributed by atoms with Crippen molar-refractivity contribution in [3.05, 3.63) is 17.5 Å². The van der Waals surface area contributed by atoms with E-state index in [2.05, 4.69) is 15.3 Å². The molecule has 24 heavy (non-hydrogen) atoms. The van der Waals surface area contributed by atoms with Crippen LogP contribution in [0.25, 0.3) is 0 Å². The number of nitrogens with zero attached hydrogens (tertiary/aromatic N) is 2. The fraction of sp³-hybridized carbons (Fsp3) is 0.722. The van der Waals surface area contributed by atoms with E-state index in [0.29, 0.717) is 23.5 Å². The lowest BCUT2D eigenvalue weighted by Gasteiger charge is -2.60. The van der Waals surface area contributed by atoms with Crippen LogP contribution in [0, 0.1) is 11.8 Å². The van der Waals surface area contributed by atoms with Gasteiger partial charge in [-0.3, -0.25) is 0 Å². The van der Waals surface area contributed by atoms with Gasteiger partial charge in [0.25, 0.3) is 0 Å². The number of anilines is 1. The van der Waals surface area contributed by atoms with Crippen molar-refractivity contribution in [2.75, 3.05) is 5.32 Å². The second-order valence-electron chi connectivity index (χ2n) is 8.54. The molecule has 6 nitrogen and oxygen atoms in total. The Balaban J connectivity index is 1.64. The first-order chi connectivity index (χ1) is 11.3. The molecular weight excluding hydrogens is 306 g/mol. The third-order valence-corrected chi connectivity index (χ3v) is 6.00. The molecule has 0 aromatic carbocycles. The predicted octanol–water partition coefficient (Wildman–Crippen LogP) is 2.79. The second-order valence-corrected chi connectivity index (χ2v) is 8.54. The maximum absolute atomic E-state index is 11.4. The first kappa shape index (κ1) is 15.8. The van der Waals surface area contributed by atoms with E-state index in [9.17, 15) is 15.0 Å². The molecular formula is C18H25N3O3. The molecule has 2 atom stereocenters. The van der Waals surface area contributed by atoms with Crippen LogP contribution in [0.5, 0.6) is 0 Å². The molecule has 5 rings (SSSR count). The fourth-order valence-corrected chi connectivity index (χ4v) is 5.66. The van der Waals surface area contributed by atoms with Crippen molar-refractivity contribution in [1.82, 2.24) is 9.97 Å². The summed E-state index contributed by atoms with van der Waals surface area (Å²) < 4.78 is 0. The summed E-state index contributed by atoms with van der Waals surface area (Å²) in [6, 6.07) is 0. The van der Waals surface area contributed by atoms with Gasteiger partial charge in [0.15, 0.2) is 0 Å². The van der Waals surface area contributed by atoms with Crippen LogP contribution < -0.4 is 5.32 Å². The van der Waals surface area contributed by atoms with Gasteiger partial charge in [-0.25, -0.2) is 14.8 Å². The van der Waals surface area contributed by atoms with E-state index in [0.717, 1.165) is 32.1 Å². The minimum absolute atomic E-state index is 0.0141. The molecule has 2 unspecified atom stereocenters. The Morgan fingerprint density at radius 3 is 2.50 bits per heavy atom. The summed E-state index contributed by atoms with van der Waals surface area (Å²) in [5.41, 5.74) is 0.0414. The standard InChI is InChI=1S/C18H25N3O3/c1-10(2)14-13(15(22)23)8-19-16(20-14)21-17-4-11-3-12(5-17)7-18(24,6-11)9-17/h8,10-12,24H,3-7,9H2,1-2H3,(H,22,23)(H,19,20,21). The molecule has 3 N–H and O–H groups in total. The highest BCUT2D eigenvalue weighted by molar-refractivity contribution is 5.88. The van der Waals surface area contributed by atoms with E-state index >= 15 is 0 Å². The molecule has 4 saturated carbocycles. The fourth-order valence-electron chi connectivity index (χ4n) is 5.66. The predicted molar refractivity (Wildman–Crippen MR) is 89.1 cm³/mol. The number of hydrogen-bond acceptors (Lipinski definition) is 5. The van der Waals surface area contributed by atoms with E-state index in [1.165, 1.54) is 12.6 Å². The van der Waals surface area contributed by atoms with E-state index in [1.807, 2.05) is 13.8 Å². The maximum atomic E-state index is 11.4. The summed E-state index contributed by atoms with van der Waals surface area (Å²) >= 11 is 0. The van der Waals surface area contributed by atoms with Gasteiger partial charge < -0.3 is 15.5 Å². The molecule has 1 aromatic rings. The summed E-state index contributed by atoms with van der Waals surface area (Å²) in [6.45, 7) is 3.87. The first-order valence-corrected chi connectivity index (χ1v) is 8.88. The zero-order valence-corrected chi connectivity index (χ0v) is 14.2. The van der Waals surface area contributed by atoms with Gasteiger partial charge >= 0.3 is 5.97 Å². The molecule has 4 aliphatic rings. The molecule has 130 valence electrons. The number of aliphatic hydroxyl groups is 1. The Morgan fingerprint density at radius 2 is 1.96 bits per heavy atom. The number of aromatic nitrogens is 2. The lowest BCUT2D eigenvalue weighted by atomic mass is 9.51. The zero-order chi connectivity index (χ0) is 17.1. The molecule has 1 aromatic heterocycles. The molecule has 6 heteroatoms. The molecule has 0 radical (unpaired) electrons.